The van der Waals surface area contributed by atoms with Gasteiger partial charge in [-0.25, -0.2) is 0 Å². The lowest BCUT2D eigenvalue weighted by atomic mass is 10.1. The number of hydrogen-bond donors (Lipinski definition) is 2. The van der Waals surface area contributed by atoms with Crippen LogP contribution in [0.25, 0.3) is 6.08 Å². The van der Waals surface area contributed by atoms with E-state index in [-0.39, 0.29) is 0 Å². The molecule has 0 amide bonds. The van der Waals surface area contributed by atoms with Gasteiger partial charge in [0.1, 0.15) is 0 Å². The lowest BCUT2D eigenvalue weighted by molar-refractivity contribution is 0.635. The number of rotatable bonds is 2. The Morgan fingerprint density at radius 1 is 1.36 bits per heavy atom. The fourth-order valence-electron chi connectivity index (χ4n) is 1.74. The van der Waals surface area contributed by atoms with Crippen LogP contribution in [0.4, 0.5) is 0 Å². The highest BCUT2D eigenvalue weighted by Gasteiger charge is 2.10. The SMILES string of the molecule is C/C=C\C=C/c1cc2c([nH]1)CNCC2. The summed E-state index contributed by atoms with van der Waals surface area (Å²) in [5.74, 6) is 0. The molecule has 0 unspecified atom stereocenters. The Kier molecular flexibility index (Phi) is 2.84. The van der Waals surface area contributed by atoms with Crippen LogP contribution in [0, 0.1) is 0 Å². The van der Waals surface area contributed by atoms with Crippen molar-refractivity contribution in [2.75, 3.05) is 6.54 Å². The summed E-state index contributed by atoms with van der Waals surface area (Å²) in [6.45, 7) is 4.10. The Labute approximate surface area is 84.7 Å². The molecule has 0 spiro atoms. The standard InChI is InChI=1S/C12H16N2/c1-2-3-4-5-11-8-10-6-7-13-9-12(10)14-11/h2-5,8,13-14H,6-7,9H2,1H3/b3-2-,5-4-. The molecule has 2 N–H and O–H groups in total. The summed E-state index contributed by atoms with van der Waals surface area (Å²) in [5.41, 5.74) is 4.01. The van der Waals surface area contributed by atoms with Crippen LogP contribution in [0.5, 0.6) is 0 Å². The van der Waals surface area contributed by atoms with Crippen molar-refractivity contribution in [3.05, 3.63) is 41.2 Å². The van der Waals surface area contributed by atoms with Crippen LogP contribution in [0.1, 0.15) is 23.9 Å². The largest absolute Gasteiger partial charge is 0.358 e. The molecule has 0 atom stereocenters. The summed E-state index contributed by atoms with van der Waals surface area (Å²) in [7, 11) is 0. The summed E-state index contributed by atoms with van der Waals surface area (Å²) in [6.07, 6.45) is 9.38. The predicted octanol–water partition coefficient (Wildman–Crippen LogP) is 2.25. The van der Waals surface area contributed by atoms with Gasteiger partial charge >= 0.3 is 0 Å². The van der Waals surface area contributed by atoms with Gasteiger partial charge in [0.25, 0.3) is 0 Å². The van der Waals surface area contributed by atoms with Gasteiger partial charge < -0.3 is 10.3 Å². The van der Waals surface area contributed by atoms with Gasteiger partial charge in [0, 0.05) is 17.9 Å². The second-order valence-corrected chi connectivity index (χ2v) is 3.54. The lowest BCUT2D eigenvalue weighted by Gasteiger charge is -2.11. The van der Waals surface area contributed by atoms with Crippen LogP contribution in [-0.4, -0.2) is 11.5 Å². The monoisotopic (exact) mass is 188 g/mol. The van der Waals surface area contributed by atoms with Gasteiger partial charge in [-0.15, -0.1) is 0 Å². The smallest absolute Gasteiger partial charge is 0.0385 e. The zero-order chi connectivity index (χ0) is 9.80. The van der Waals surface area contributed by atoms with Crippen molar-refractivity contribution in [1.29, 1.82) is 0 Å². The van der Waals surface area contributed by atoms with Crippen LogP contribution in [-0.2, 0) is 13.0 Å². The van der Waals surface area contributed by atoms with Gasteiger partial charge in [-0.05, 0) is 37.6 Å². The minimum absolute atomic E-state index is 0.979. The zero-order valence-electron chi connectivity index (χ0n) is 8.51. The van der Waals surface area contributed by atoms with E-state index < -0.39 is 0 Å². The summed E-state index contributed by atoms with van der Waals surface area (Å²) >= 11 is 0. The lowest BCUT2D eigenvalue weighted by Crippen LogP contribution is -2.22. The van der Waals surface area contributed by atoms with Crippen LogP contribution in [0.2, 0.25) is 0 Å². The average Bonchev–Trinajstić information content (AvgIpc) is 2.60. The molecule has 0 saturated carbocycles. The molecule has 1 aromatic rings. The molecule has 0 radical (unpaired) electrons. The Morgan fingerprint density at radius 2 is 2.29 bits per heavy atom. The number of aromatic amines is 1. The van der Waals surface area contributed by atoms with E-state index in [1.165, 1.54) is 17.0 Å². The third-order valence-corrected chi connectivity index (χ3v) is 2.46. The highest BCUT2D eigenvalue weighted by atomic mass is 14.9. The van der Waals surface area contributed by atoms with Crippen molar-refractivity contribution >= 4 is 6.08 Å². The number of allylic oxidation sites excluding steroid dienone is 3. The molecule has 1 aromatic heterocycles. The molecule has 2 heterocycles. The molecule has 0 aromatic carbocycles. The maximum absolute atomic E-state index is 3.41. The molecule has 0 saturated heterocycles. The third-order valence-electron chi connectivity index (χ3n) is 2.46. The molecule has 2 heteroatoms. The molecule has 14 heavy (non-hydrogen) atoms. The quantitative estimate of drug-likeness (QED) is 0.684. The van der Waals surface area contributed by atoms with Crippen molar-refractivity contribution in [3.63, 3.8) is 0 Å². The molecule has 2 nitrogen and oxygen atoms in total. The number of H-pyrrole nitrogens is 1. The van der Waals surface area contributed by atoms with Crippen molar-refractivity contribution in [2.24, 2.45) is 0 Å². The summed E-state index contributed by atoms with van der Waals surface area (Å²) in [6, 6.07) is 2.25. The fraction of sp³-hybridized carbons (Fsp3) is 0.333. The predicted molar refractivity (Wildman–Crippen MR) is 60.1 cm³/mol. The van der Waals surface area contributed by atoms with Gasteiger partial charge in [0.2, 0.25) is 0 Å². The molecule has 0 bridgehead atoms. The third kappa shape index (κ3) is 1.96. The first-order valence-electron chi connectivity index (χ1n) is 5.11. The van der Waals surface area contributed by atoms with E-state index >= 15 is 0 Å². The highest BCUT2D eigenvalue weighted by molar-refractivity contribution is 5.50. The Hall–Kier alpha value is -1.28. The molecule has 0 aliphatic carbocycles. The first-order chi connectivity index (χ1) is 6.90. The number of fused-ring (bicyclic) bond motifs is 1. The molecule has 2 rings (SSSR count). The van der Waals surface area contributed by atoms with Crippen LogP contribution >= 0.6 is 0 Å². The van der Waals surface area contributed by atoms with Gasteiger partial charge in [0.05, 0.1) is 0 Å². The van der Waals surface area contributed by atoms with Crippen molar-refractivity contribution in [1.82, 2.24) is 10.3 Å². The molecular weight excluding hydrogens is 172 g/mol. The molecule has 0 fully saturated rings. The zero-order valence-corrected chi connectivity index (χ0v) is 8.51. The van der Waals surface area contributed by atoms with Crippen molar-refractivity contribution < 1.29 is 0 Å². The van der Waals surface area contributed by atoms with E-state index in [2.05, 4.69) is 28.5 Å². The number of nitrogens with one attached hydrogen (secondary N) is 2. The second-order valence-electron chi connectivity index (χ2n) is 3.54. The van der Waals surface area contributed by atoms with E-state index in [0.717, 1.165) is 19.5 Å². The van der Waals surface area contributed by atoms with Crippen molar-refractivity contribution in [3.8, 4) is 0 Å². The van der Waals surface area contributed by atoms with Gasteiger partial charge in [0.15, 0.2) is 0 Å². The first kappa shape index (κ1) is 9.28. The minimum Gasteiger partial charge on any atom is -0.358 e. The molecule has 1 aliphatic rings. The normalized spacial score (nSPS) is 16.6. The Balaban J connectivity index is 2.16. The maximum Gasteiger partial charge on any atom is 0.0385 e. The van der Waals surface area contributed by atoms with Gasteiger partial charge in [-0.3, -0.25) is 0 Å². The summed E-state index contributed by atoms with van der Waals surface area (Å²) in [4.78, 5) is 3.41. The van der Waals surface area contributed by atoms with E-state index in [1.807, 2.05) is 19.1 Å². The topological polar surface area (TPSA) is 27.8 Å². The van der Waals surface area contributed by atoms with Crippen LogP contribution in [0.15, 0.2) is 24.3 Å². The first-order valence-corrected chi connectivity index (χ1v) is 5.11. The minimum atomic E-state index is 0.979. The number of aromatic nitrogens is 1. The number of hydrogen-bond acceptors (Lipinski definition) is 1. The second kappa shape index (κ2) is 4.29. The van der Waals surface area contributed by atoms with Crippen LogP contribution in [0.3, 0.4) is 0 Å². The van der Waals surface area contributed by atoms with Gasteiger partial charge in [-0.2, -0.15) is 0 Å². The highest BCUT2D eigenvalue weighted by Crippen LogP contribution is 2.15. The molecule has 74 valence electrons. The van der Waals surface area contributed by atoms with Crippen LogP contribution < -0.4 is 5.32 Å². The summed E-state index contributed by atoms with van der Waals surface area (Å²) in [5, 5.41) is 3.35. The van der Waals surface area contributed by atoms with E-state index in [0.29, 0.717) is 0 Å². The van der Waals surface area contributed by atoms with Crippen molar-refractivity contribution in [2.45, 2.75) is 19.9 Å². The van der Waals surface area contributed by atoms with E-state index in [1.54, 1.807) is 0 Å². The fourth-order valence-corrected chi connectivity index (χ4v) is 1.74. The Morgan fingerprint density at radius 3 is 3.07 bits per heavy atom. The molecule has 1 aliphatic heterocycles. The molecular formula is C12H16N2. The van der Waals surface area contributed by atoms with E-state index in [4.69, 9.17) is 0 Å². The average molecular weight is 188 g/mol. The maximum atomic E-state index is 3.41. The van der Waals surface area contributed by atoms with E-state index in [9.17, 15) is 0 Å². The summed E-state index contributed by atoms with van der Waals surface area (Å²) < 4.78 is 0. The van der Waals surface area contributed by atoms with Gasteiger partial charge in [-0.1, -0.05) is 18.2 Å². The Bertz CT molecular complexity index is 335.